The maximum atomic E-state index is 13.3. The monoisotopic (exact) mass is 545 g/mol. The normalized spacial score (nSPS) is 13.4. The van der Waals surface area contributed by atoms with Crippen LogP contribution in [0.25, 0.3) is 0 Å². The van der Waals surface area contributed by atoms with Crippen molar-refractivity contribution < 1.29 is 9.59 Å². The van der Waals surface area contributed by atoms with Gasteiger partial charge in [-0.2, -0.15) is 0 Å². The third-order valence-electron chi connectivity index (χ3n) is 5.87. The van der Waals surface area contributed by atoms with Crippen LogP contribution < -0.4 is 10.6 Å². The summed E-state index contributed by atoms with van der Waals surface area (Å²) in [6.45, 7) is 3.79. The van der Waals surface area contributed by atoms with E-state index in [0.717, 1.165) is 25.2 Å². The summed E-state index contributed by atoms with van der Waals surface area (Å²) in [4.78, 5) is 34.1. The molecule has 1 saturated heterocycles. The number of benzene rings is 2. The molecule has 7 nitrogen and oxygen atoms in total. The van der Waals surface area contributed by atoms with Crippen LogP contribution in [-0.2, 0) is 6.54 Å². The Labute approximate surface area is 225 Å². The van der Waals surface area contributed by atoms with E-state index < -0.39 is 0 Å². The highest BCUT2D eigenvalue weighted by Gasteiger charge is 2.19. The van der Waals surface area contributed by atoms with E-state index in [1.165, 1.54) is 19.0 Å². The third kappa shape index (κ3) is 7.34. The predicted molar refractivity (Wildman–Crippen MR) is 145 cm³/mol. The first kappa shape index (κ1) is 26.2. The molecule has 1 aliphatic heterocycles. The van der Waals surface area contributed by atoms with Gasteiger partial charge in [-0.15, -0.1) is 0 Å². The third-order valence-corrected chi connectivity index (χ3v) is 6.84. The smallest absolute Gasteiger partial charge is 0.319 e. The van der Waals surface area contributed by atoms with Crippen molar-refractivity contribution in [2.75, 3.05) is 36.8 Å². The van der Waals surface area contributed by atoms with E-state index in [9.17, 15) is 9.59 Å². The van der Waals surface area contributed by atoms with Crippen LogP contribution in [0.1, 0.15) is 28.8 Å². The van der Waals surface area contributed by atoms with Crippen molar-refractivity contribution in [1.82, 2.24) is 14.8 Å². The number of likely N-dealkylation sites (tertiary alicyclic amines) is 1. The lowest BCUT2D eigenvalue weighted by molar-refractivity contribution is 0.102. The van der Waals surface area contributed by atoms with Crippen LogP contribution in [0.5, 0.6) is 0 Å². The van der Waals surface area contributed by atoms with E-state index >= 15 is 0 Å². The van der Waals surface area contributed by atoms with E-state index in [0.29, 0.717) is 45.2 Å². The van der Waals surface area contributed by atoms with Crippen molar-refractivity contribution in [2.45, 2.75) is 19.4 Å². The molecule has 2 aromatic carbocycles. The van der Waals surface area contributed by atoms with E-state index in [2.05, 4.69) is 20.5 Å². The molecule has 188 valence electrons. The Morgan fingerprint density at radius 2 is 1.75 bits per heavy atom. The second-order valence-corrected chi connectivity index (χ2v) is 9.80. The minimum Gasteiger partial charge on any atom is -0.319 e. The lowest BCUT2D eigenvalue weighted by Crippen LogP contribution is -2.40. The lowest BCUT2D eigenvalue weighted by Gasteiger charge is -2.26. The molecule has 36 heavy (non-hydrogen) atoms. The first-order chi connectivity index (χ1) is 17.4. The van der Waals surface area contributed by atoms with Gasteiger partial charge in [0, 0.05) is 37.1 Å². The predicted octanol–water partition coefficient (Wildman–Crippen LogP) is 6.42. The molecule has 2 N–H and O–H groups in total. The molecule has 1 aromatic heterocycles. The fourth-order valence-electron chi connectivity index (χ4n) is 3.96. The maximum Gasteiger partial charge on any atom is 0.322 e. The molecule has 2 heterocycles. The maximum absolute atomic E-state index is 13.3. The number of rotatable bonds is 8. The SMILES string of the molecule is O=C(Nc1ccc(Cl)cn1)c1cccc(NC(=O)N(CCN2CCCC2)Cc2ccc(Cl)c(Cl)c2)c1. The molecule has 0 unspecified atom stereocenters. The summed E-state index contributed by atoms with van der Waals surface area (Å²) >= 11 is 18.1. The van der Waals surface area contributed by atoms with Crippen molar-refractivity contribution >= 4 is 58.2 Å². The van der Waals surface area contributed by atoms with E-state index in [-0.39, 0.29) is 11.9 Å². The molecule has 0 atom stereocenters. The minimum absolute atomic E-state index is 0.266. The Balaban J connectivity index is 1.45. The zero-order chi connectivity index (χ0) is 25.5. The zero-order valence-corrected chi connectivity index (χ0v) is 21.8. The van der Waals surface area contributed by atoms with Crippen LogP contribution in [0.15, 0.2) is 60.8 Å². The number of aromatic nitrogens is 1. The average Bonchev–Trinajstić information content (AvgIpc) is 3.39. The molecular weight excluding hydrogens is 521 g/mol. The quantitative estimate of drug-likeness (QED) is 0.342. The first-order valence-electron chi connectivity index (χ1n) is 11.6. The van der Waals surface area contributed by atoms with Crippen molar-refractivity contribution in [3.8, 4) is 0 Å². The average molecular weight is 547 g/mol. The number of hydrogen-bond acceptors (Lipinski definition) is 4. The van der Waals surface area contributed by atoms with Crippen LogP contribution in [0, 0.1) is 0 Å². The van der Waals surface area contributed by atoms with Crippen LogP contribution in [-0.4, -0.2) is 52.9 Å². The van der Waals surface area contributed by atoms with Gasteiger partial charge in [0.1, 0.15) is 5.82 Å². The molecule has 1 fully saturated rings. The van der Waals surface area contributed by atoms with Gasteiger partial charge in [0.05, 0.1) is 15.1 Å². The number of anilines is 2. The van der Waals surface area contributed by atoms with Crippen molar-refractivity contribution in [3.63, 3.8) is 0 Å². The molecule has 3 amide bonds. The van der Waals surface area contributed by atoms with Gasteiger partial charge in [-0.05, 0) is 74.0 Å². The minimum atomic E-state index is -0.345. The molecule has 0 radical (unpaired) electrons. The van der Waals surface area contributed by atoms with Gasteiger partial charge in [0.2, 0.25) is 0 Å². The van der Waals surface area contributed by atoms with E-state index in [1.807, 2.05) is 6.07 Å². The number of halogens is 3. The van der Waals surface area contributed by atoms with Gasteiger partial charge < -0.3 is 20.4 Å². The molecule has 1 aliphatic rings. The lowest BCUT2D eigenvalue weighted by atomic mass is 10.2. The topological polar surface area (TPSA) is 77.6 Å². The summed E-state index contributed by atoms with van der Waals surface area (Å²) < 4.78 is 0. The molecule has 0 spiro atoms. The highest BCUT2D eigenvalue weighted by atomic mass is 35.5. The fraction of sp³-hybridized carbons (Fsp3) is 0.269. The van der Waals surface area contributed by atoms with Gasteiger partial charge in [-0.1, -0.05) is 46.9 Å². The van der Waals surface area contributed by atoms with Crippen LogP contribution in [0.4, 0.5) is 16.3 Å². The number of hydrogen-bond donors (Lipinski definition) is 2. The number of carbonyl (C=O) groups excluding carboxylic acids is 2. The standard InChI is InChI=1S/C26H26Cl3N5O2/c27-20-7-9-24(30-16-20)32-25(35)19-4-3-5-21(15-19)31-26(36)34(13-12-33-10-1-2-11-33)17-18-6-8-22(28)23(29)14-18/h3-9,14-16H,1-2,10-13,17H2,(H,31,36)(H,30,32,35). The number of amides is 3. The molecule has 0 aliphatic carbocycles. The van der Waals surface area contributed by atoms with Crippen molar-refractivity contribution in [3.05, 3.63) is 87.0 Å². The van der Waals surface area contributed by atoms with Crippen molar-refractivity contribution in [1.29, 1.82) is 0 Å². The Bertz CT molecular complexity index is 1220. The summed E-state index contributed by atoms with van der Waals surface area (Å²) in [5, 5.41) is 7.05. The Hall–Kier alpha value is -2.84. The zero-order valence-electron chi connectivity index (χ0n) is 19.5. The second kappa shape index (κ2) is 12.4. The molecule has 10 heteroatoms. The molecule has 0 saturated carbocycles. The van der Waals surface area contributed by atoms with E-state index in [4.69, 9.17) is 34.8 Å². The molecule has 4 rings (SSSR count). The molecule has 0 bridgehead atoms. The number of nitrogens with one attached hydrogen (secondary N) is 2. The number of urea groups is 1. The largest absolute Gasteiger partial charge is 0.322 e. The Morgan fingerprint density at radius 3 is 2.47 bits per heavy atom. The van der Waals surface area contributed by atoms with Crippen LogP contribution >= 0.6 is 34.8 Å². The van der Waals surface area contributed by atoms with Crippen LogP contribution in [0.3, 0.4) is 0 Å². The van der Waals surface area contributed by atoms with E-state index in [1.54, 1.807) is 53.4 Å². The molecule has 3 aromatic rings. The summed E-state index contributed by atoms with van der Waals surface area (Å²) in [5.74, 6) is 0.0381. The Kier molecular flexibility index (Phi) is 9.04. The van der Waals surface area contributed by atoms with Gasteiger partial charge in [-0.25, -0.2) is 9.78 Å². The highest BCUT2D eigenvalue weighted by Crippen LogP contribution is 2.24. The van der Waals surface area contributed by atoms with Gasteiger partial charge in [0.15, 0.2) is 0 Å². The number of nitrogens with zero attached hydrogens (tertiary/aromatic N) is 3. The number of pyridine rings is 1. The highest BCUT2D eigenvalue weighted by molar-refractivity contribution is 6.42. The summed E-state index contributed by atoms with van der Waals surface area (Å²) in [7, 11) is 0. The second-order valence-electron chi connectivity index (χ2n) is 8.55. The summed E-state index contributed by atoms with van der Waals surface area (Å²) in [5.41, 5.74) is 1.78. The first-order valence-corrected chi connectivity index (χ1v) is 12.8. The summed E-state index contributed by atoms with van der Waals surface area (Å²) in [6, 6.07) is 15.1. The van der Waals surface area contributed by atoms with Gasteiger partial charge in [-0.3, -0.25) is 4.79 Å². The fourth-order valence-corrected chi connectivity index (χ4v) is 4.39. The summed E-state index contributed by atoms with van der Waals surface area (Å²) in [6.07, 6.45) is 3.82. The van der Waals surface area contributed by atoms with Gasteiger partial charge in [0.25, 0.3) is 5.91 Å². The molecular formula is C26H26Cl3N5O2. The van der Waals surface area contributed by atoms with Gasteiger partial charge >= 0.3 is 6.03 Å². The van der Waals surface area contributed by atoms with Crippen molar-refractivity contribution in [2.24, 2.45) is 0 Å². The van der Waals surface area contributed by atoms with Crippen LogP contribution in [0.2, 0.25) is 15.1 Å². The number of carbonyl (C=O) groups is 2. The Morgan fingerprint density at radius 1 is 0.944 bits per heavy atom.